The number of rotatable bonds is 11. The quantitative estimate of drug-likeness (QED) is 0.404. The van der Waals surface area contributed by atoms with E-state index in [4.69, 9.17) is 9.47 Å². The minimum absolute atomic E-state index is 0.0247. The summed E-state index contributed by atoms with van der Waals surface area (Å²) in [6, 6.07) is 0.526. The molecule has 0 aromatic rings. The Morgan fingerprint density at radius 2 is 1.58 bits per heavy atom. The molecule has 5 heteroatoms. The van der Waals surface area contributed by atoms with Gasteiger partial charge >= 0.3 is 11.9 Å². The zero-order valence-corrected chi connectivity index (χ0v) is 16.9. The third kappa shape index (κ3) is 6.57. The van der Waals surface area contributed by atoms with Crippen LogP contribution in [0.1, 0.15) is 90.9 Å². The maximum Gasteiger partial charge on any atom is 0.306 e. The molecule has 150 valence electrons. The smallest absolute Gasteiger partial charge is 0.306 e. The summed E-state index contributed by atoms with van der Waals surface area (Å²) in [7, 11) is 2.08. The van der Waals surface area contributed by atoms with E-state index in [9.17, 15) is 9.59 Å². The van der Waals surface area contributed by atoms with Gasteiger partial charge in [0.25, 0.3) is 0 Å². The Hall–Kier alpha value is -1.10. The van der Waals surface area contributed by atoms with E-state index in [2.05, 4.69) is 18.9 Å². The fraction of sp³-hybridized carbons (Fsp3) is 0.905. The van der Waals surface area contributed by atoms with Crippen molar-refractivity contribution in [3.05, 3.63) is 0 Å². The minimum atomic E-state index is -0.223. The molecule has 0 aliphatic carbocycles. The summed E-state index contributed by atoms with van der Waals surface area (Å²) in [5.74, 6) is -0.284. The molecule has 2 aliphatic heterocycles. The summed E-state index contributed by atoms with van der Waals surface area (Å²) < 4.78 is 11.2. The predicted octanol–water partition coefficient (Wildman–Crippen LogP) is 4.23. The second kappa shape index (κ2) is 10.9. The lowest BCUT2D eigenvalue weighted by atomic mass is 10.00. The highest BCUT2D eigenvalue weighted by Gasteiger charge is 2.47. The number of fused-ring (bicyclic) bond motifs is 2. The summed E-state index contributed by atoms with van der Waals surface area (Å²) in [5, 5.41) is 0. The van der Waals surface area contributed by atoms with E-state index in [1.165, 1.54) is 45.4 Å². The Bertz CT molecular complexity index is 453. The van der Waals surface area contributed by atoms with Crippen LogP contribution in [0.4, 0.5) is 0 Å². The number of piperidine rings is 1. The summed E-state index contributed by atoms with van der Waals surface area (Å²) in [6.07, 6.45) is 12.8. The maximum absolute atomic E-state index is 12.1. The first kappa shape index (κ1) is 21.2. The predicted molar refractivity (Wildman–Crippen MR) is 102 cm³/mol. The van der Waals surface area contributed by atoms with Gasteiger partial charge in [0.15, 0.2) is 0 Å². The molecule has 0 radical (unpaired) electrons. The third-order valence-electron chi connectivity index (χ3n) is 5.92. The molecular formula is C21H37NO4. The topological polar surface area (TPSA) is 55.8 Å². The van der Waals surface area contributed by atoms with Gasteiger partial charge in [-0.15, -0.1) is 0 Å². The van der Waals surface area contributed by atoms with Crippen LogP contribution in [0, 0.1) is 0 Å². The molecule has 2 bridgehead atoms. The van der Waals surface area contributed by atoms with Gasteiger partial charge in [0.2, 0.25) is 0 Å². The van der Waals surface area contributed by atoms with Crippen LogP contribution in [-0.4, -0.2) is 48.2 Å². The second-order valence-electron chi connectivity index (χ2n) is 8.08. The first-order valence-electron chi connectivity index (χ1n) is 10.6. The van der Waals surface area contributed by atoms with Gasteiger partial charge in [-0.2, -0.15) is 0 Å². The molecule has 0 unspecified atom stereocenters. The molecule has 0 amide bonds. The Morgan fingerprint density at radius 3 is 2.23 bits per heavy atom. The molecule has 2 aliphatic rings. The Balaban J connectivity index is 1.60. The van der Waals surface area contributed by atoms with E-state index in [0.29, 0.717) is 12.5 Å². The van der Waals surface area contributed by atoms with Crippen LogP contribution in [0.3, 0.4) is 0 Å². The first-order chi connectivity index (χ1) is 12.5. The van der Waals surface area contributed by atoms with Crippen LogP contribution >= 0.6 is 0 Å². The van der Waals surface area contributed by atoms with Gasteiger partial charge in [0.1, 0.15) is 12.2 Å². The van der Waals surface area contributed by atoms with E-state index in [1.807, 2.05) is 0 Å². The number of likely N-dealkylation sites (N-methyl/N-ethyl adjacent to an activating group) is 1. The molecule has 4 atom stereocenters. The van der Waals surface area contributed by atoms with Gasteiger partial charge in [-0.05, 0) is 13.5 Å². The number of nitrogens with zero attached hydrogens (tertiary/aromatic N) is 1. The van der Waals surface area contributed by atoms with Crippen molar-refractivity contribution >= 4 is 11.9 Å². The van der Waals surface area contributed by atoms with Crippen LogP contribution in [0.5, 0.6) is 0 Å². The van der Waals surface area contributed by atoms with Gasteiger partial charge in [-0.1, -0.05) is 51.9 Å². The van der Waals surface area contributed by atoms with Crippen LogP contribution < -0.4 is 0 Å². The van der Waals surface area contributed by atoms with Crippen molar-refractivity contribution in [2.24, 2.45) is 0 Å². The standard InChI is InChI=1S/C21H37NO4/c1-4-5-6-7-8-9-10-11-12-21(24)26-18-13-17-14-20(25-16(2)23)19(15-18)22(17)3/h17-20H,4-15H2,1-3H3/t17-,18-,19+,20-/m0/s1. The zero-order chi connectivity index (χ0) is 18.9. The largest absolute Gasteiger partial charge is 0.462 e. The summed E-state index contributed by atoms with van der Waals surface area (Å²) in [5.41, 5.74) is 0. The highest BCUT2D eigenvalue weighted by molar-refractivity contribution is 5.69. The van der Waals surface area contributed by atoms with Crippen LogP contribution in [0.25, 0.3) is 0 Å². The molecule has 2 rings (SSSR count). The number of unbranched alkanes of at least 4 members (excludes halogenated alkanes) is 7. The minimum Gasteiger partial charge on any atom is -0.462 e. The van der Waals surface area contributed by atoms with Gasteiger partial charge in [0.05, 0.1) is 6.04 Å². The average Bonchev–Trinajstić information content (AvgIpc) is 2.76. The van der Waals surface area contributed by atoms with Gasteiger partial charge in [-0.3, -0.25) is 14.5 Å². The Labute approximate surface area is 158 Å². The molecule has 0 aromatic heterocycles. The lowest BCUT2D eigenvalue weighted by Crippen LogP contribution is -2.46. The third-order valence-corrected chi connectivity index (χ3v) is 5.92. The highest BCUT2D eigenvalue weighted by Crippen LogP contribution is 2.37. The van der Waals surface area contributed by atoms with E-state index in [-0.39, 0.29) is 30.2 Å². The van der Waals surface area contributed by atoms with Crippen molar-refractivity contribution in [3.63, 3.8) is 0 Å². The van der Waals surface area contributed by atoms with Crippen LogP contribution in [-0.2, 0) is 19.1 Å². The molecule has 0 saturated carbocycles. The zero-order valence-electron chi connectivity index (χ0n) is 16.9. The second-order valence-corrected chi connectivity index (χ2v) is 8.08. The number of hydrogen-bond donors (Lipinski definition) is 0. The molecule has 2 fully saturated rings. The average molecular weight is 368 g/mol. The summed E-state index contributed by atoms with van der Waals surface area (Å²) in [6.45, 7) is 3.70. The number of hydrogen-bond acceptors (Lipinski definition) is 5. The van der Waals surface area contributed by atoms with Gasteiger partial charge < -0.3 is 9.47 Å². The molecule has 26 heavy (non-hydrogen) atoms. The number of esters is 2. The van der Waals surface area contributed by atoms with Crippen molar-refractivity contribution in [1.29, 1.82) is 0 Å². The van der Waals surface area contributed by atoms with Crippen molar-refractivity contribution in [1.82, 2.24) is 4.90 Å². The molecule has 2 heterocycles. The molecule has 2 saturated heterocycles. The SMILES string of the molecule is CCCCCCCCCCC(=O)O[C@H]1C[C@H]2C[C@H](OC(C)=O)[C@@H](C1)N2C. The number of carbonyl (C=O) groups excluding carboxylic acids is 2. The number of carbonyl (C=O) groups is 2. The fourth-order valence-corrected chi connectivity index (χ4v) is 4.46. The Morgan fingerprint density at radius 1 is 0.923 bits per heavy atom. The maximum atomic E-state index is 12.1. The summed E-state index contributed by atoms with van der Waals surface area (Å²) in [4.78, 5) is 25.7. The first-order valence-corrected chi connectivity index (χ1v) is 10.6. The van der Waals surface area contributed by atoms with E-state index < -0.39 is 0 Å². The van der Waals surface area contributed by atoms with Crippen molar-refractivity contribution in [2.75, 3.05) is 7.05 Å². The van der Waals surface area contributed by atoms with Gasteiger partial charge in [-0.25, -0.2) is 0 Å². The molecule has 5 nitrogen and oxygen atoms in total. The van der Waals surface area contributed by atoms with E-state index in [1.54, 1.807) is 0 Å². The lowest BCUT2D eigenvalue weighted by molar-refractivity contribution is -0.155. The van der Waals surface area contributed by atoms with E-state index in [0.717, 1.165) is 32.1 Å². The van der Waals surface area contributed by atoms with Crippen molar-refractivity contribution in [2.45, 2.75) is 115 Å². The lowest BCUT2D eigenvalue weighted by Gasteiger charge is -2.36. The molecule has 0 aromatic carbocycles. The monoisotopic (exact) mass is 367 g/mol. The normalized spacial score (nSPS) is 28.1. The molecule has 0 spiro atoms. The van der Waals surface area contributed by atoms with E-state index >= 15 is 0 Å². The highest BCUT2D eigenvalue weighted by atomic mass is 16.6. The Kier molecular flexibility index (Phi) is 8.89. The summed E-state index contributed by atoms with van der Waals surface area (Å²) >= 11 is 0. The van der Waals surface area contributed by atoms with Crippen molar-refractivity contribution in [3.8, 4) is 0 Å². The van der Waals surface area contributed by atoms with Crippen LogP contribution in [0.2, 0.25) is 0 Å². The molecule has 0 N–H and O–H groups in total. The fourth-order valence-electron chi connectivity index (χ4n) is 4.46. The van der Waals surface area contributed by atoms with Crippen molar-refractivity contribution < 1.29 is 19.1 Å². The number of ether oxygens (including phenoxy) is 2. The molecular weight excluding hydrogens is 330 g/mol. The van der Waals surface area contributed by atoms with Crippen LogP contribution in [0.15, 0.2) is 0 Å². The van der Waals surface area contributed by atoms with Gasteiger partial charge in [0, 0.05) is 38.6 Å².